The third-order valence-electron chi connectivity index (χ3n) is 9.88. The zero-order valence-corrected chi connectivity index (χ0v) is 32.1. The van der Waals surface area contributed by atoms with Crippen molar-refractivity contribution in [2.75, 3.05) is 44.2 Å². The normalized spacial score (nSPS) is 19.4. The summed E-state index contributed by atoms with van der Waals surface area (Å²) < 4.78 is 1.79. The van der Waals surface area contributed by atoms with Crippen LogP contribution in [-0.2, 0) is 30.6 Å². The molecule has 5 heterocycles. The molecule has 1 aromatic carbocycles. The number of carboxylic acids is 2. The number of aromatic hydroxyl groups is 2. The molecule has 6 rings (SSSR count). The minimum atomic E-state index is -1.81. The van der Waals surface area contributed by atoms with E-state index in [2.05, 4.69) is 25.9 Å². The number of thioether (sulfide) groups is 1. The number of nitrogens with two attached hydrogens (primary N) is 1. The van der Waals surface area contributed by atoms with Crippen molar-refractivity contribution in [2.45, 2.75) is 57.2 Å². The van der Waals surface area contributed by atoms with Gasteiger partial charge in [0.05, 0.1) is 37.1 Å². The number of β-lactam (4-membered cyclic amide) rings is 1. The van der Waals surface area contributed by atoms with E-state index in [0.717, 1.165) is 35.1 Å². The molecule has 0 radical (unpaired) electrons. The number of fused-ring (bicyclic) bond motifs is 2. The number of aromatic nitrogens is 3. The number of thiazole rings is 1. The molecule has 22 heteroatoms. The number of aliphatic carboxylic acids is 2. The summed E-state index contributed by atoms with van der Waals surface area (Å²) in [6, 6.07) is 1.15. The number of nitrogens with one attached hydrogen (secondary N) is 2. The second-order valence-electron chi connectivity index (χ2n) is 14.0. The van der Waals surface area contributed by atoms with Crippen molar-refractivity contribution in [1.29, 1.82) is 0 Å². The van der Waals surface area contributed by atoms with Crippen LogP contribution in [0, 0.1) is 0 Å². The predicted molar refractivity (Wildman–Crippen MR) is 202 cm³/mol. The van der Waals surface area contributed by atoms with E-state index in [0.29, 0.717) is 29.7 Å². The van der Waals surface area contributed by atoms with Crippen molar-refractivity contribution in [3.8, 4) is 11.5 Å². The summed E-state index contributed by atoms with van der Waals surface area (Å²) in [5.74, 6) is -5.67. The van der Waals surface area contributed by atoms with Crippen molar-refractivity contribution in [2.24, 2.45) is 5.16 Å². The number of nitrogens with zero attached hydrogens (tertiary/aromatic N) is 6. The first-order valence-electron chi connectivity index (χ1n) is 17.5. The van der Waals surface area contributed by atoms with Gasteiger partial charge in [-0.2, -0.15) is 5.10 Å². The summed E-state index contributed by atoms with van der Waals surface area (Å²) >= 11 is 2.27. The molecule has 56 heavy (non-hydrogen) atoms. The number of quaternary nitrogens is 1. The average molecular weight is 815 g/mol. The molecule has 298 valence electrons. The number of hydrogen-bond acceptors (Lipinski definition) is 15. The summed E-state index contributed by atoms with van der Waals surface area (Å²) in [7, 11) is 0. The van der Waals surface area contributed by atoms with Gasteiger partial charge in [-0.05, 0) is 26.8 Å². The number of carbonyl (C=O) groups is 5. The molecule has 3 aromatic rings. The molecule has 2 unspecified atom stereocenters. The number of hydrogen-bond donors (Lipinski definition) is 7. The molecule has 0 saturated carbocycles. The summed E-state index contributed by atoms with van der Waals surface area (Å²) in [6.07, 6.45) is 1.70. The second-order valence-corrected chi connectivity index (χ2v) is 16.0. The van der Waals surface area contributed by atoms with Gasteiger partial charge in [0.15, 0.2) is 28.0 Å². The van der Waals surface area contributed by atoms with Gasteiger partial charge in [0.2, 0.25) is 11.0 Å². The van der Waals surface area contributed by atoms with Crippen LogP contribution in [0.5, 0.6) is 11.5 Å². The van der Waals surface area contributed by atoms with E-state index in [9.17, 15) is 49.2 Å². The van der Waals surface area contributed by atoms with E-state index in [1.54, 1.807) is 6.92 Å². The lowest BCUT2D eigenvalue weighted by molar-refractivity contribution is -0.911. The van der Waals surface area contributed by atoms with Gasteiger partial charge in [0, 0.05) is 42.2 Å². The van der Waals surface area contributed by atoms with Crippen LogP contribution in [0.15, 0.2) is 38.7 Å². The van der Waals surface area contributed by atoms with Crippen LogP contribution in [0.4, 0.5) is 5.13 Å². The van der Waals surface area contributed by atoms with E-state index in [4.69, 9.17) is 10.6 Å². The molecule has 2 fully saturated rings. The Hall–Kier alpha value is -5.74. The fourth-order valence-electron chi connectivity index (χ4n) is 6.87. The van der Waals surface area contributed by atoms with Crippen LogP contribution in [0.1, 0.15) is 49.8 Å². The Labute approximate surface area is 326 Å². The highest BCUT2D eigenvalue weighted by Crippen LogP contribution is 2.41. The number of carboxylic acid groups (broad SMARTS) is 2. The number of likely N-dealkylation sites (tertiary alicyclic amines) is 1. The highest BCUT2D eigenvalue weighted by atomic mass is 32.2. The maximum absolute atomic E-state index is 13.6. The lowest BCUT2D eigenvalue weighted by Crippen LogP contribution is -2.71. The number of aryl methyl sites for hydroxylation is 1. The third-order valence-corrected chi connectivity index (χ3v) is 11.9. The van der Waals surface area contributed by atoms with Crippen molar-refractivity contribution >= 4 is 74.5 Å². The van der Waals surface area contributed by atoms with Gasteiger partial charge >= 0.3 is 11.9 Å². The molecule has 3 amide bonds. The maximum atomic E-state index is 13.6. The van der Waals surface area contributed by atoms with Crippen LogP contribution in [-0.4, -0.2) is 135 Å². The van der Waals surface area contributed by atoms with Crippen molar-refractivity contribution in [3.05, 3.63) is 50.4 Å². The highest BCUT2D eigenvalue weighted by molar-refractivity contribution is 8.00. The Morgan fingerprint density at radius 1 is 1.12 bits per heavy atom. The Morgan fingerprint density at radius 2 is 1.82 bits per heavy atom. The number of oxime groups is 1. The summed E-state index contributed by atoms with van der Waals surface area (Å²) in [6.45, 7) is 6.61. The standard InChI is InChI=1S/C34H39N9O11S2/c1-4-41-19-12-21(45)20(44)11-17(19)26(46)23(39-41)27(47)36-7-10-43(8-5-6-9-43)13-16-14-55-30-24(29(49)42(30)25(16)31(50)51)38-28(48)22(18-15-56-33(35)37-18)40-54-34(2,3)32(52)53/h11-12,15,24,30H,4-10,13-14H2,1-3H3,(H7-,35,36,37,38,39,40,44,45,46,47,48,50,51,52,53)/p+1. The number of carbonyl (C=O) groups excluding carboxylic acids is 3. The Morgan fingerprint density at radius 3 is 2.45 bits per heavy atom. The van der Waals surface area contributed by atoms with Crippen LogP contribution in [0.3, 0.4) is 0 Å². The third kappa shape index (κ3) is 7.58. The molecular weight excluding hydrogens is 775 g/mol. The number of anilines is 1. The minimum absolute atomic E-state index is 0.0108. The fraction of sp³-hybridized carbons (Fsp3) is 0.441. The molecule has 0 spiro atoms. The molecule has 3 aliphatic rings. The fourth-order valence-corrected chi connectivity index (χ4v) is 8.76. The van der Waals surface area contributed by atoms with Gasteiger partial charge in [-0.25, -0.2) is 14.6 Å². The number of phenols is 2. The van der Waals surface area contributed by atoms with Crippen molar-refractivity contribution in [1.82, 2.24) is 30.3 Å². The smallest absolute Gasteiger partial charge is 0.352 e. The monoisotopic (exact) mass is 814 g/mol. The number of rotatable bonds is 14. The van der Waals surface area contributed by atoms with Gasteiger partial charge in [0.1, 0.15) is 29.4 Å². The molecule has 3 aliphatic heterocycles. The number of amides is 3. The maximum Gasteiger partial charge on any atom is 0.352 e. The highest BCUT2D eigenvalue weighted by Gasteiger charge is 2.55. The first-order chi connectivity index (χ1) is 26.5. The van der Waals surface area contributed by atoms with Crippen LogP contribution >= 0.6 is 23.1 Å². The summed E-state index contributed by atoms with van der Waals surface area (Å²) in [5.41, 5.74) is 2.98. The zero-order chi connectivity index (χ0) is 40.7. The molecule has 0 aliphatic carbocycles. The molecule has 2 saturated heterocycles. The van der Waals surface area contributed by atoms with E-state index in [1.165, 1.54) is 41.7 Å². The molecular formula is C34H40N9O11S2+. The van der Waals surface area contributed by atoms with E-state index in [-0.39, 0.29) is 58.5 Å². The van der Waals surface area contributed by atoms with Crippen LogP contribution in [0.2, 0.25) is 0 Å². The number of nitrogen functional groups attached to an aromatic ring is 1. The van der Waals surface area contributed by atoms with E-state index >= 15 is 0 Å². The predicted octanol–water partition coefficient (Wildman–Crippen LogP) is 0.229. The molecule has 8 N–H and O–H groups in total. The van der Waals surface area contributed by atoms with Gasteiger partial charge in [-0.1, -0.05) is 5.16 Å². The van der Waals surface area contributed by atoms with E-state index in [1.807, 2.05) is 0 Å². The molecule has 2 atom stereocenters. The summed E-state index contributed by atoms with van der Waals surface area (Å²) in [5, 5.41) is 53.8. The SMILES string of the molecule is CCn1nc(C(=O)NCC[N+]2(CC3=C(C(=O)O)N4C(=O)C(NC(=O)C(=NOC(C)(C)C(=O)O)c5csc(N)n5)C4SC3)CCCC2)c(=O)c2cc(O)c(O)cc21. The Bertz CT molecular complexity index is 2260. The molecule has 0 bridgehead atoms. The molecule has 20 nitrogen and oxygen atoms in total. The Balaban J connectivity index is 1.16. The second kappa shape index (κ2) is 15.4. The van der Waals surface area contributed by atoms with Gasteiger partial charge in [-0.15, -0.1) is 23.1 Å². The van der Waals surface area contributed by atoms with Gasteiger partial charge in [-0.3, -0.25) is 28.8 Å². The quantitative estimate of drug-likeness (QED) is 0.0377. The first-order valence-corrected chi connectivity index (χ1v) is 19.4. The van der Waals surface area contributed by atoms with E-state index < -0.39 is 69.3 Å². The molecule has 2 aromatic heterocycles. The van der Waals surface area contributed by atoms with Gasteiger partial charge in [0.25, 0.3) is 17.7 Å². The van der Waals surface area contributed by atoms with Crippen LogP contribution in [0.25, 0.3) is 10.9 Å². The lowest BCUT2D eigenvalue weighted by Gasteiger charge is -2.50. The number of phenolic OH excluding ortho intramolecular Hbond substituents is 2. The largest absolute Gasteiger partial charge is 0.504 e. The van der Waals surface area contributed by atoms with Crippen molar-refractivity contribution < 1.29 is 53.7 Å². The zero-order valence-electron chi connectivity index (χ0n) is 30.5. The van der Waals surface area contributed by atoms with Gasteiger partial charge < -0.3 is 46.1 Å². The number of benzene rings is 1. The first kappa shape index (κ1) is 39.9. The van der Waals surface area contributed by atoms with Crippen LogP contribution < -0.4 is 21.8 Å². The average Bonchev–Trinajstić information content (AvgIpc) is 3.80. The minimum Gasteiger partial charge on any atom is -0.504 e. The summed E-state index contributed by atoms with van der Waals surface area (Å²) in [4.78, 5) is 88.1. The lowest BCUT2D eigenvalue weighted by atomic mass is 10.0. The van der Waals surface area contributed by atoms with Crippen molar-refractivity contribution in [3.63, 3.8) is 0 Å². The Kier molecular flexibility index (Phi) is 11.0. The topological polar surface area (TPSA) is 289 Å².